The standard InChI is InChI=1S/C14H15BrN2O2S/c1-20-14(9-16)4-6-17(7-5-14)13(19)11-3-2-10(15)8-12(11)18/h2-3,8,18H,4-7H2,1H3. The molecule has 1 aliphatic heterocycles. The number of nitrogens with zero attached hydrogens (tertiary/aromatic N) is 2. The summed E-state index contributed by atoms with van der Waals surface area (Å²) in [4.78, 5) is 14.1. The number of nitriles is 1. The Kier molecular flexibility index (Phi) is 4.61. The number of amides is 1. The molecule has 106 valence electrons. The van der Waals surface area contributed by atoms with Gasteiger partial charge in [-0.25, -0.2) is 0 Å². The predicted octanol–water partition coefficient (Wildman–Crippen LogP) is 3.02. The van der Waals surface area contributed by atoms with Crippen molar-refractivity contribution in [1.82, 2.24) is 4.90 Å². The average Bonchev–Trinajstić information content (AvgIpc) is 2.47. The predicted molar refractivity (Wildman–Crippen MR) is 82.8 cm³/mol. The molecule has 0 saturated carbocycles. The Bertz CT molecular complexity index is 563. The number of aromatic hydroxyl groups is 1. The van der Waals surface area contributed by atoms with Crippen LogP contribution < -0.4 is 0 Å². The van der Waals surface area contributed by atoms with E-state index in [2.05, 4.69) is 22.0 Å². The highest BCUT2D eigenvalue weighted by atomic mass is 79.9. The number of carbonyl (C=O) groups is 1. The van der Waals surface area contributed by atoms with Gasteiger partial charge < -0.3 is 10.0 Å². The minimum absolute atomic E-state index is 0.0219. The zero-order valence-corrected chi connectivity index (χ0v) is 13.5. The van der Waals surface area contributed by atoms with E-state index in [1.165, 1.54) is 6.07 Å². The second kappa shape index (κ2) is 6.06. The number of piperidine rings is 1. The van der Waals surface area contributed by atoms with Gasteiger partial charge in [-0.1, -0.05) is 15.9 Å². The Labute approximate surface area is 130 Å². The molecule has 1 aliphatic rings. The fourth-order valence-corrected chi connectivity index (χ4v) is 3.32. The quantitative estimate of drug-likeness (QED) is 0.886. The van der Waals surface area contributed by atoms with E-state index in [0.29, 0.717) is 31.5 Å². The van der Waals surface area contributed by atoms with Gasteiger partial charge in [-0.3, -0.25) is 4.79 Å². The van der Waals surface area contributed by atoms with Crippen molar-refractivity contribution in [2.24, 2.45) is 0 Å². The van der Waals surface area contributed by atoms with Gasteiger partial charge in [-0.15, -0.1) is 11.8 Å². The molecule has 0 aliphatic carbocycles. The van der Waals surface area contributed by atoms with Gasteiger partial charge in [-0.2, -0.15) is 5.26 Å². The monoisotopic (exact) mass is 354 g/mol. The van der Waals surface area contributed by atoms with Crippen molar-refractivity contribution in [2.75, 3.05) is 19.3 Å². The molecule has 0 bridgehead atoms. The highest BCUT2D eigenvalue weighted by Crippen LogP contribution is 2.34. The summed E-state index contributed by atoms with van der Waals surface area (Å²) < 4.78 is 0.356. The fraction of sp³-hybridized carbons (Fsp3) is 0.429. The van der Waals surface area contributed by atoms with Gasteiger partial charge in [0.1, 0.15) is 10.5 Å². The molecule has 1 aromatic rings. The topological polar surface area (TPSA) is 64.3 Å². The molecule has 0 atom stereocenters. The molecule has 6 heteroatoms. The minimum atomic E-state index is -0.376. The van der Waals surface area contributed by atoms with Crippen LogP contribution in [0.3, 0.4) is 0 Å². The SMILES string of the molecule is CSC1(C#N)CCN(C(=O)c2ccc(Br)cc2O)CC1. The largest absolute Gasteiger partial charge is 0.507 e. The van der Waals surface area contributed by atoms with Crippen molar-refractivity contribution < 1.29 is 9.90 Å². The molecule has 0 spiro atoms. The van der Waals surface area contributed by atoms with E-state index in [9.17, 15) is 15.2 Å². The van der Waals surface area contributed by atoms with Crippen LogP contribution >= 0.6 is 27.7 Å². The number of thioether (sulfide) groups is 1. The Morgan fingerprint density at radius 2 is 2.15 bits per heavy atom. The van der Waals surface area contributed by atoms with Crippen LogP contribution in [0.5, 0.6) is 5.75 Å². The fourth-order valence-electron chi connectivity index (χ4n) is 2.29. The average molecular weight is 355 g/mol. The third kappa shape index (κ3) is 2.94. The van der Waals surface area contributed by atoms with Gasteiger partial charge in [0, 0.05) is 17.6 Å². The van der Waals surface area contributed by atoms with Crippen LogP contribution in [0.4, 0.5) is 0 Å². The number of hydrogen-bond donors (Lipinski definition) is 1. The maximum atomic E-state index is 12.4. The lowest BCUT2D eigenvalue weighted by Gasteiger charge is -2.36. The minimum Gasteiger partial charge on any atom is -0.507 e. The summed E-state index contributed by atoms with van der Waals surface area (Å²) >= 11 is 4.80. The van der Waals surface area contributed by atoms with Crippen LogP contribution in [-0.2, 0) is 0 Å². The Morgan fingerprint density at radius 1 is 1.50 bits per heavy atom. The number of carbonyl (C=O) groups excluding carboxylic acids is 1. The molecule has 1 aromatic carbocycles. The number of benzene rings is 1. The third-order valence-corrected chi connectivity index (χ3v) is 5.42. The zero-order chi connectivity index (χ0) is 14.8. The number of likely N-dealkylation sites (tertiary alicyclic amines) is 1. The Balaban J connectivity index is 2.11. The summed E-state index contributed by atoms with van der Waals surface area (Å²) in [5.41, 5.74) is 0.307. The second-order valence-electron chi connectivity index (χ2n) is 4.76. The highest BCUT2D eigenvalue weighted by Gasteiger charge is 2.35. The molecule has 1 heterocycles. The van der Waals surface area contributed by atoms with Gasteiger partial charge in [-0.05, 0) is 37.3 Å². The number of rotatable bonds is 2. The maximum absolute atomic E-state index is 12.4. The molecule has 1 fully saturated rings. The Morgan fingerprint density at radius 3 is 2.65 bits per heavy atom. The lowest BCUT2D eigenvalue weighted by atomic mass is 9.96. The summed E-state index contributed by atoms with van der Waals surface area (Å²) in [5, 5.41) is 19.1. The maximum Gasteiger partial charge on any atom is 0.257 e. The van der Waals surface area contributed by atoms with Gasteiger partial charge in [0.2, 0.25) is 0 Å². The van der Waals surface area contributed by atoms with Crippen molar-refractivity contribution in [3.8, 4) is 11.8 Å². The van der Waals surface area contributed by atoms with Crippen molar-refractivity contribution >= 4 is 33.6 Å². The van der Waals surface area contributed by atoms with Crippen LogP contribution in [0.2, 0.25) is 0 Å². The van der Waals surface area contributed by atoms with E-state index < -0.39 is 0 Å². The zero-order valence-electron chi connectivity index (χ0n) is 11.1. The summed E-state index contributed by atoms with van der Waals surface area (Å²) in [6.45, 7) is 1.09. The summed E-state index contributed by atoms with van der Waals surface area (Å²) in [6, 6.07) is 7.22. The molecular weight excluding hydrogens is 340 g/mol. The molecule has 1 amide bonds. The lowest BCUT2D eigenvalue weighted by molar-refractivity contribution is 0.0713. The van der Waals surface area contributed by atoms with E-state index in [0.717, 1.165) is 4.47 Å². The number of hydrogen-bond acceptors (Lipinski definition) is 4. The van der Waals surface area contributed by atoms with Gasteiger partial charge in [0.05, 0.1) is 11.6 Å². The van der Waals surface area contributed by atoms with Gasteiger partial charge in [0.25, 0.3) is 5.91 Å². The first-order valence-corrected chi connectivity index (χ1v) is 8.27. The van der Waals surface area contributed by atoms with Crippen molar-refractivity contribution in [1.29, 1.82) is 5.26 Å². The second-order valence-corrected chi connectivity index (χ2v) is 6.87. The van der Waals surface area contributed by atoms with Crippen LogP contribution in [0.15, 0.2) is 22.7 Å². The van der Waals surface area contributed by atoms with E-state index in [1.807, 2.05) is 6.26 Å². The molecule has 4 nitrogen and oxygen atoms in total. The normalized spacial score (nSPS) is 17.6. The number of phenols is 1. The summed E-state index contributed by atoms with van der Waals surface area (Å²) in [6.07, 6.45) is 3.25. The van der Waals surface area contributed by atoms with E-state index in [1.54, 1.807) is 28.8 Å². The first kappa shape index (κ1) is 15.2. The van der Waals surface area contributed by atoms with Crippen LogP contribution in [0.25, 0.3) is 0 Å². The molecule has 20 heavy (non-hydrogen) atoms. The summed E-state index contributed by atoms with van der Waals surface area (Å²) in [5.74, 6) is -0.200. The molecule has 0 unspecified atom stereocenters. The third-order valence-electron chi connectivity index (χ3n) is 3.64. The molecule has 1 saturated heterocycles. The molecule has 2 rings (SSSR count). The van der Waals surface area contributed by atoms with Crippen LogP contribution in [0.1, 0.15) is 23.2 Å². The van der Waals surface area contributed by atoms with E-state index in [-0.39, 0.29) is 16.4 Å². The van der Waals surface area contributed by atoms with E-state index >= 15 is 0 Å². The van der Waals surface area contributed by atoms with Gasteiger partial charge >= 0.3 is 0 Å². The van der Waals surface area contributed by atoms with Crippen LogP contribution in [-0.4, -0.2) is 40.0 Å². The summed E-state index contributed by atoms with van der Waals surface area (Å²) in [7, 11) is 0. The van der Waals surface area contributed by atoms with Crippen molar-refractivity contribution in [3.05, 3.63) is 28.2 Å². The number of phenolic OH excluding ortho intramolecular Hbond substituents is 1. The van der Waals surface area contributed by atoms with Crippen molar-refractivity contribution in [3.63, 3.8) is 0 Å². The van der Waals surface area contributed by atoms with Crippen LogP contribution in [0, 0.1) is 11.3 Å². The molecule has 0 radical (unpaired) electrons. The molecular formula is C14H15BrN2O2S. The smallest absolute Gasteiger partial charge is 0.257 e. The molecule has 0 aromatic heterocycles. The first-order chi connectivity index (χ1) is 9.51. The van der Waals surface area contributed by atoms with Crippen molar-refractivity contribution in [2.45, 2.75) is 17.6 Å². The van der Waals surface area contributed by atoms with Gasteiger partial charge in [0.15, 0.2) is 0 Å². The Hall–Kier alpha value is -1.19. The number of halogens is 1. The highest BCUT2D eigenvalue weighted by molar-refractivity contribution is 9.10. The van der Waals surface area contributed by atoms with E-state index in [4.69, 9.17) is 0 Å². The molecule has 1 N–H and O–H groups in total. The first-order valence-electron chi connectivity index (χ1n) is 6.25. The lowest BCUT2D eigenvalue weighted by Crippen LogP contribution is -2.44.